The Hall–Kier alpha value is -3.34. The number of esters is 1. The van der Waals surface area contributed by atoms with Crippen LogP contribution in [0.2, 0.25) is 5.02 Å². The summed E-state index contributed by atoms with van der Waals surface area (Å²) in [6.45, 7) is 16.8. The molecule has 2 aromatic heterocycles. The van der Waals surface area contributed by atoms with E-state index in [-0.39, 0.29) is 6.61 Å². The summed E-state index contributed by atoms with van der Waals surface area (Å²) in [7, 11) is 0. The van der Waals surface area contributed by atoms with Crippen LogP contribution in [0.25, 0.3) is 42.8 Å². The Kier molecular flexibility index (Phi) is 9.58. The fraction of sp³-hybridized carbons (Fsp3) is 0.462. The predicted octanol–water partition coefficient (Wildman–Crippen LogP) is 8.96. The van der Waals surface area contributed by atoms with Crippen LogP contribution in [0.15, 0.2) is 48.5 Å². The molecular weight excluding hydrogens is 656 g/mol. The van der Waals surface area contributed by atoms with Gasteiger partial charge in [0.05, 0.1) is 52.9 Å². The van der Waals surface area contributed by atoms with Crippen molar-refractivity contribution in [2.45, 2.75) is 84.6 Å². The molecule has 4 heterocycles. The highest BCUT2D eigenvalue weighted by atomic mass is 35.5. The first kappa shape index (κ1) is 34.1. The Balaban J connectivity index is 1.34. The molecule has 258 valence electrons. The third-order valence-electron chi connectivity index (χ3n) is 9.67. The minimum absolute atomic E-state index is 0.263. The summed E-state index contributed by atoms with van der Waals surface area (Å²) in [6, 6.07) is 17.1. The minimum Gasteiger partial charge on any atom is -0.464 e. The number of thiazole rings is 1. The van der Waals surface area contributed by atoms with E-state index in [4.69, 9.17) is 35.9 Å². The highest BCUT2D eigenvalue weighted by Gasteiger charge is 2.34. The molecule has 0 amide bonds. The lowest BCUT2D eigenvalue weighted by Crippen LogP contribution is -2.51. The quantitative estimate of drug-likeness (QED) is 0.142. The van der Waals surface area contributed by atoms with Crippen LogP contribution < -0.4 is 0 Å². The van der Waals surface area contributed by atoms with Crippen LogP contribution in [-0.4, -0.2) is 70.2 Å². The van der Waals surface area contributed by atoms with Crippen LogP contribution in [0.5, 0.6) is 0 Å². The van der Waals surface area contributed by atoms with Crippen molar-refractivity contribution in [3.63, 3.8) is 0 Å². The molecule has 3 aromatic carbocycles. The molecule has 1 atom stereocenters. The van der Waals surface area contributed by atoms with Gasteiger partial charge < -0.3 is 14.2 Å². The fourth-order valence-electron chi connectivity index (χ4n) is 7.22. The average molecular weight is 701 g/mol. The summed E-state index contributed by atoms with van der Waals surface area (Å²) >= 11 is 7.99. The summed E-state index contributed by atoms with van der Waals surface area (Å²) in [5.74, 6) is 0.0140. The summed E-state index contributed by atoms with van der Waals surface area (Å²) < 4.78 is 20.6. The first-order valence-corrected chi connectivity index (χ1v) is 18.6. The van der Waals surface area contributed by atoms with Gasteiger partial charge in [0.1, 0.15) is 5.01 Å². The molecule has 0 unspecified atom stereocenters. The molecule has 0 aliphatic carbocycles. The number of rotatable bonds is 9. The van der Waals surface area contributed by atoms with Gasteiger partial charge in [-0.2, -0.15) is 5.10 Å². The van der Waals surface area contributed by atoms with Crippen molar-refractivity contribution in [2.75, 3.05) is 32.9 Å². The standard InChI is InChI=1S/C39H45ClN4O4S/c1-7-44-31-14-11-26(20-29(31)34(42-44)25-15-17-43(18-16-25)28-21-46-22-28)37-41-30-19-23(3)32(35(38(45)47-8-2)48-39(4,5)6)33(36(30)49-37)24-9-12-27(40)13-10-24/h9-14,19-20,25,28,35H,7-8,15-18,21-22H2,1-6H3/t35-/m0/s1. The van der Waals surface area contributed by atoms with Crippen molar-refractivity contribution in [3.8, 4) is 21.7 Å². The van der Waals surface area contributed by atoms with Crippen LogP contribution in [0.1, 0.15) is 76.3 Å². The topological polar surface area (TPSA) is 78.7 Å². The summed E-state index contributed by atoms with van der Waals surface area (Å²) in [5, 5.41) is 7.94. The maximum absolute atomic E-state index is 13.6. The second-order valence-electron chi connectivity index (χ2n) is 14.2. The van der Waals surface area contributed by atoms with Crippen LogP contribution in [0.3, 0.4) is 0 Å². The Morgan fingerprint density at radius 1 is 1.06 bits per heavy atom. The number of halogens is 1. The molecule has 0 bridgehead atoms. The summed E-state index contributed by atoms with van der Waals surface area (Å²) in [6.07, 6.45) is 1.29. The number of hydrogen-bond acceptors (Lipinski definition) is 8. The highest BCUT2D eigenvalue weighted by Crippen LogP contribution is 2.45. The number of carbonyl (C=O) groups excluding carboxylic acids is 1. The minimum atomic E-state index is -0.914. The molecule has 2 saturated heterocycles. The normalized spacial score (nSPS) is 17.1. The van der Waals surface area contributed by atoms with Crippen LogP contribution in [0.4, 0.5) is 0 Å². The number of hydrogen-bond donors (Lipinski definition) is 0. The number of likely N-dealkylation sites (tertiary alicyclic amines) is 1. The Morgan fingerprint density at radius 3 is 2.41 bits per heavy atom. The molecule has 0 spiro atoms. The first-order valence-electron chi connectivity index (χ1n) is 17.4. The number of aryl methyl sites for hydroxylation is 2. The first-order chi connectivity index (χ1) is 23.5. The average Bonchev–Trinajstić information content (AvgIpc) is 3.64. The smallest absolute Gasteiger partial charge is 0.339 e. The third-order valence-corrected chi connectivity index (χ3v) is 11.1. The van der Waals surface area contributed by atoms with E-state index in [0.717, 1.165) is 94.2 Å². The Morgan fingerprint density at radius 2 is 1.78 bits per heavy atom. The van der Waals surface area contributed by atoms with Crippen molar-refractivity contribution in [3.05, 3.63) is 70.4 Å². The van der Waals surface area contributed by atoms with Gasteiger partial charge in [0.2, 0.25) is 0 Å². The van der Waals surface area contributed by atoms with E-state index in [0.29, 0.717) is 17.0 Å². The van der Waals surface area contributed by atoms with Crippen LogP contribution in [-0.2, 0) is 25.5 Å². The van der Waals surface area contributed by atoms with Gasteiger partial charge in [0, 0.05) is 39.6 Å². The molecular formula is C39H45ClN4O4S. The molecule has 0 saturated carbocycles. The Bertz CT molecular complexity index is 1980. The molecule has 49 heavy (non-hydrogen) atoms. The predicted molar refractivity (Wildman–Crippen MR) is 198 cm³/mol. The van der Waals surface area contributed by atoms with E-state index < -0.39 is 17.7 Å². The second-order valence-corrected chi connectivity index (χ2v) is 15.6. The maximum atomic E-state index is 13.6. The van der Waals surface area contributed by atoms with Crippen molar-refractivity contribution in [2.24, 2.45) is 0 Å². The molecule has 0 N–H and O–H groups in total. The molecule has 2 aliphatic rings. The fourth-order valence-corrected chi connectivity index (χ4v) is 8.47. The van der Waals surface area contributed by atoms with Gasteiger partial charge in [-0.05, 0) is 115 Å². The number of fused-ring (bicyclic) bond motifs is 2. The number of ether oxygens (including phenoxy) is 3. The van der Waals surface area contributed by atoms with Gasteiger partial charge in [-0.25, -0.2) is 9.78 Å². The van der Waals surface area contributed by atoms with Crippen molar-refractivity contribution >= 4 is 50.0 Å². The Labute approximate surface area is 297 Å². The van der Waals surface area contributed by atoms with Gasteiger partial charge in [-0.3, -0.25) is 9.58 Å². The van der Waals surface area contributed by atoms with Crippen LogP contribution in [0, 0.1) is 6.92 Å². The molecule has 8 nitrogen and oxygen atoms in total. The highest BCUT2D eigenvalue weighted by molar-refractivity contribution is 7.22. The maximum Gasteiger partial charge on any atom is 0.339 e. The van der Waals surface area contributed by atoms with Gasteiger partial charge in [0.25, 0.3) is 0 Å². The zero-order chi connectivity index (χ0) is 34.4. The number of carbonyl (C=O) groups is 1. The summed E-state index contributed by atoms with van der Waals surface area (Å²) in [4.78, 5) is 21.4. The van der Waals surface area contributed by atoms with Gasteiger partial charge in [0.15, 0.2) is 6.10 Å². The molecule has 5 aromatic rings. The van der Waals surface area contributed by atoms with Gasteiger partial charge >= 0.3 is 5.97 Å². The van der Waals surface area contributed by atoms with Gasteiger partial charge in [-0.15, -0.1) is 11.3 Å². The van der Waals surface area contributed by atoms with Crippen molar-refractivity contribution in [1.82, 2.24) is 19.7 Å². The summed E-state index contributed by atoms with van der Waals surface area (Å²) in [5.41, 5.74) is 7.27. The lowest BCUT2D eigenvalue weighted by atomic mass is 9.90. The largest absolute Gasteiger partial charge is 0.464 e. The van der Waals surface area contributed by atoms with E-state index in [2.05, 4.69) is 40.8 Å². The molecule has 7 rings (SSSR count). The number of aromatic nitrogens is 3. The van der Waals surface area contributed by atoms with Crippen molar-refractivity contribution < 1.29 is 19.0 Å². The van der Waals surface area contributed by atoms with E-state index in [1.54, 1.807) is 11.3 Å². The molecule has 2 fully saturated rings. The lowest BCUT2D eigenvalue weighted by Gasteiger charge is -2.41. The second kappa shape index (κ2) is 13.8. The van der Waals surface area contributed by atoms with Crippen LogP contribution >= 0.6 is 22.9 Å². The van der Waals surface area contributed by atoms with Gasteiger partial charge in [-0.1, -0.05) is 23.7 Å². The van der Waals surface area contributed by atoms with Crippen molar-refractivity contribution in [1.29, 1.82) is 0 Å². The molecule has 10 heteroatoms. The van der Waals surface area contributed by atoms with E-state index in [1.807, 2.05) is 58.9 Å². The zero-order valence-corrected chi connectivity index (χ0v) is 30.8. The monoisotopic (exact) mass is 700 g/mol. The zero-order valence-electron chi connectivity index (χ0n) is 29.2. The van der Waals surface area contributed by atoms with E-state index >= 15 is 0 Å². The number of benzene rings is 3. The third kappa shape index (κ3) is 6.76. The number of piperidine rings is 1. The molecule has 2 aliphatic heterocycles. The van der Waals surface area contributed by atoms with E-state index in [9.17, 15) is 4.79 Å². The number of nitrogens with zero attached hydrogens (tertiary/aromatic N) is 4. The molecule has 0 radical (unpaired) electrons. The lowest BCUT2D eigenvalue weighted by molar-refractivity contribution is -0.166. The SMILES string of the molecule is CCOC(=O)[C@@H](OC(C)(C)C)c1c(C)cc2nc(-c3ccc4c(c3)c(C3CCN(C5COC5)CC3)nn4CC)sc2c1-c1ccc(Cl)cc1. The van der Waals surface area contributed by atoms with E-state index in [1.165, 1.54) is 11.1 Å².